The number of carboxylic acids is 1. The number of aromatic carboxylic acids is 1. The number of rotatable bonds is 5. The van der Waals surface area contributed by atoms with Gasteiger partial charge in [-0.15, -0.1) is 11.3 Å². The summed E-state index contributed by atoms with van der Waals surface area (Å²) >= 11 is 7.42. The Morgan fingerprint density at radius 1 is 1.29 bits per heavy atom. The molecule has 2 aromatic heterocycles. The summed E-state index contributed by atoms with van der Waals surface area (Å²) in [5.41, 5.74) is 4.18. The molecule has 0 unspecified atom stereocenters. The molecule has 0 amide bonds. The van der Waals surface area contributed by atoms with E-state index >= 15 is 0 Å². The Bertz CT molecular complexity index is 1240. The zero-order valence-corrected chi connectivity index (χ0v) is 18.6. The molecule has 31 heavy (non-hydrogen) atoms. The molecule has 2 heterocycles. The average Bonchev–Trinajstić information content (AvgIpc) is 3.23. The molecule has 160 valence electrons. The van der Waals surface area contributed by atoms with Gasteiger partial charge in [0.25, 0.3) is 5.69 Å². The number of nitrogens with zero attached hydrogens (tertiary/aromatic N) is 3. The Hall–Kier alpha value is -2.97. The summed E-state index contributed by atoms with van der Waals surface area (Å²) in [7, 11) is 0. The molecule has 3 aromatic rings. The van der Waals surface area contributed by atoms with Gasteiger partial charge in [0.05, 0.1) is 16.2 Å². The monoisotopic (exact) mass is 457 g/mol. The van der Waals surface area contributed by atoms with Crippen molar-refractivity contribution in [2.24, 2.45) is 4.99 Å². The van der Waals surface area contributed by atoms with Crippen LogP contribution < -0.4 is 0 Å². The summed E-state index contributed by atoms with van der Waals surface area (Å²) in [5, 5.41) is 21.8. The average molecular weight is 458 g/mol. The van der Waals surface area contributed by atoms with E-state index in [1.807, 2.05) is 24.5 Å². The third-order valence-corrected chi connectivity index (χ3v) is 7.12. The van der Waals surface area contributed by atoms with Gasteiger partial charge in [-0.25, -0.2) is 4.79 Å². The fourth-order valence-electron chi connectivity index (χ4n) is 4.03. The number of nitro groups is 1. The molecule has 0 aliphatic heterocycles. The quantitative estimate of drug-likeness (QED) is 0.286. The number of thiophene rings is 1. The number of benzene rings is 1. The van der Waals surface area contributed by atoms with Crippen LogP contribution in [0.25, 0.3) is 5.00 Å². The highest BCUT2D eigenvalue weighted by molar-refractivity contribution is 7.15. The molecule has 7 nitrogen and oxygen atoms in total. The molecule has 0 bridgehead atoms. The second kappa shape index (κ2) is 8.28. The molecule has 0 fully saturated rings. The van der Waals surface area contributed by atoms with Crippen molar-refractivity contribution in [2.75, 3.05) is 0 Å². The molecule has 1 N–H and O–H groups in total. The molecular weight excluding hydrogens is 438 g/mol. The maximum Gasteiger partial charge on any atom is 0.339 e. The van der Waals surface area contributed by atoms with Crippen molar-refractivity contribution >= 4 is 46.5 Å². The molecule has 1 aromatic carbocycles. The molecule has 0 atom stereocenters. The van der Waals surface area contributed by atoms with Crippen LogP contribution in [-0.2, 0) is 12.8 Å². The summed E-state index contributed by atoms with van der Waals surface area (Å²) < 4.78 is 1.97. The summed E-state index contributed by atoms with van der Waals surface area (Å²) in [5.74, 6) is -0.898. The van der Waals surface area contributed by atoms with Crippen LogP contribution in [0.2, 0.25) is 5.02 Å². The first-order valence-electron chi connectivity index (χ1n) is 9.83. The lowest BCUT2D eigenvalue weighted by molar-refractivity contribution is -0.384. The Kier molecular flexibility index (Phi) is 5.68. The highest BCUT2D eigenvalue weighted by Gasteiger charge is 2.27. The highest BCUT2D eigenvalue weighted by atomic mass is 35.5. The van der Waals surface area contributed by atoms with E-state index in [2.05, 4.69) is 4.99 Å². The summed E-state index contributed by atoms with van der Waals surface area (Å²) in [4.78, 5) is 28.2. The van der Waals surface area contributed by atoms with Crippen LogP contribution in [0.4, 0.5) is 11.4 Å². The zero-order valence-electron chi connectivity index (χ0n) is 17.0. The smallest absolute Gasteiger partial charge is 0.339 e. The first-order valence-corrected chi connectivity index (χ1v) is 11.0. The number of nitro benzene ring substituents is 1. The normalized spacial score (nSPS) is 13.5. The third kappa shape index (κ3) is 3.88. The molecule has 0 radical (unpaired) electrons. The van der Waals surface area contributed by atoms with E-state index in [0.717, 1.165) is 58.1 Å². The molecule has 9 heteroatoms. The molecular formula is C22H20ClN3O4S. The van der Waals surface area contributed by atoms with Gasteiger partial charge in [0, 0.05) is 34.1 Å². The number of fused-ring (bicyclic) bond motifs is 1. The molecule has 0 saturated carbocycles. The number of carboxylic acid groups (broad SMARTS) is 1. The predicted octanol–water partition coefficient (Wildman–Crippen LogP) is 6.04. The summed E-state index contributed by atoms with van der Waals surface area (Å²) in [6.45, 7) is 3.85. The Morgan fingerprint density at radius 2 is 2.03 bits per heavy atom. The van der Waals surface area contributed by atoms with Crippen molar-refractivity contribution in [3.8, 4) is 5.00 Å². The number of hydrogen-bond acceptors (Lipinski definition) is 5. The highest BCUT2D eigenvalue weighted by Crippen LogP contribution is 2.38. The maximum atomic E-state index is 12.1. The topological polar surface area (TPSA) is 97.7 Å². The van der Waals surface area contributed by atoms with Gasteiger partial charge in [0.2, 0.25) is 0 Å². The molecule has 4 rings (SSSR count). The van der Waals surface area contributed by atoms with Crippen LogP contribution in [0.3, 0.4) is 0 Å². The lowest BCUT2D eigenvalue weighted by Crippen LogP contribution is -2.09. The number of hydrogen-bond donors (Lipinski definition) is 1. The molecule has 0 saturated heterocycles. The van der Waals surface area contributed by atoms with Crippen LogP contribution in [0.15, 0.2) is 29.3 Å². The Morgan fingerprint density at radius 3 is 2.74 bits per heavy atom. The van der Waals surface area contributed by atoms with Gasteiger partial charge in [0.1, 0.15) is 10.0 Å². The van der Waals surface area contributed by atoms with Gasteiger partial charge in [-0.2, -0.15) is 0 Å². The van der Waals surface area contributed by atoms with E-state index in [1.165, 1.54) is 12.1 Å². The number of halogens is 1. The van der Waals surface area contributed by atoms with E-state index in [9.17, 15) is 20.0 Å². The minimum atomic E-state index is -0.898. The van der Waals surface area contributed by atoms with Gasteiger partial charge >= 0.3 is 5.97 Å². The van der Waals surface area contributed by atoms with Crippen molar-refractivity contribution in [3.63, 3.8) is 0 Å². The number of aliphatic imine (C=N–C) groups is 1. The van der Waals surface area contributed by atoms with Crippen molar-refractivity contribution in [1.82, 2.24) is 4.57 Å². The minimum Gasteiger partial charge on any atom is -0.478 e. The van der Waals surface area contributed by atoms with Crippen LogP contribution in [0.1, 0.15) is 50.6 Å². The van der Waals surface area contributed by atoms with Gasteiger partial charge < -0.3 is 9.67 Å². The second-order valence-corrected chi connectivity index (χ2v) is 9.00. The van der Waals surface area contributed by atoms with E-state index < -0.39 is 10.9 Å². The third-order valence-electron chi connectivity index (χ3n) is 5.52. The fourth-order valence-corrected chi connectivity index (χ4v) is 5.70. The lowest BCUT2D eigenvalue weighted by atomic mass is 9.95. The van der Waals surface area contributed by atoms with E-state index in [0.29, 0.717) is 11.3 Å². The fraction of sp³-hybridized carbons (Fsp3) is 0.273. The first-order chi connectivity index (χ1) is 14.8. The number of aromatic nitrogens is 1. The van der Waals surface area contributed by atoms with Crippen LogP contribution in [0, 0.1) is 24.0 Å². The number of carbonyl (C=O) groups is 1. The van der Waals surface area contributed by atoms with Crippen molar-refractivity contribution in [1.29, 1.82) is 0 Å². The summed E-state index contributed by atoms with van der Waals surface area (Å²) in [6, 6.07) is 6.33. The second-order valence-electron chi connectivity index (χ2n) is 7.51. The van der Waals surface area contributed by atoms with Crippen LogP contribution in [0.5, 0.6) is 0 Å². The van der Waals surface area contributed by atoms with Gasteiger partial charge in [-0.3, -0.25) is 15.1 Å². The van der Waals surface area contributed by atoms with E-state index in [1.54, 1.807) is 23.6 Å². The van der Waals surface area contributed by atoms with Gasteiger partial charge in [0.15, 0.2) is 0 Å². The van der Waals surface area contributed by atoms with Crippen molar-refractivity contribution < 1.29 is 14.8 Å². The largest absolute Gasteiger partial charge is 0.478 e. The van der Waals surface area contributed by atoms with E-state index in [-0.39, 0.29) is 10.7 Å². The van der Waals surface area contributed by atoms with Crippen LogP contribution in [-0.4, -0.2) is 26.8 Å². The standard InChI is InChI=1S/C22H20ClN3O4S/c1-12-9-14(11-24-15-7-8-17(23)18(10-15)26(29)30)13(2)25(12)21-20(22(27)28)16-5-3-4-6-19(16)31-21/h7-11H,3-6H2,1-2H3,(H,27,28). The molecule has 1 aliphatic rings. The zero-order chi connectivity index (χ0) is 22.3. The minimum absolute atomic E-state index is 0.0602. The van der Waals surface area contributed by atoms with Crippen molar-refractivity contribution in [2.45, 2.75) is 39.5 Å². The lowest BCUT2D eigenvalue weighted by Gasteiger charge is -2.11. The van der Waals surface area contributed by atoms with E-state index in [4.69, 9.17) is 11.6 Å². The van der Waals surface area contributed by atoms with Crippen LogP contribution >= 0.6 is 22.9 Å². The molecule has 1 aliphatic carbocycles. The van der Waals surface area contributed by atoms with Crippen molar-refractivity contribution in [3.05, 3.63) is 72.4 Å². The number of aryl methyl sites for hydroxylation is 2. The molecule has 0 spiro atoms. The van der Waals surface area contributed by atoms with Gasteiger partial charge in [-0.1, -0.05) is 11.6 Å². The Labute approximate surface area is 187 Å². The first kappa shape index (κ1) is 21.3. The van der Waals surface area contributed by atoms with Gasteiger partial charge in [-0.05, 0) is 63.3 Å². The predicted molar refractivity (Wildman–Crippen MR) is 122 cm³/mol. The maximum absolute atomic E-state index is 12.1. The summed E-state index contributed by atoms with van der Waals surface area (Å²) in [6.07, 6.45) is 5.46. The Balaban J connectivity index is 1.75. The SMILES string of the molecule is Cc1cc(C=Nc2ccc(Cl)c([N+](=O)[O-])c2)c(C)n1-c1sc2c(c1C(=O)O)CCCC2.